The third kappa shape index (κ3) is 4.36. The maximum absolute atomic E-state index is 12.5. The highest BCUT2D eigenvalue weighted by Crippen LogP contribution is 2.37. The first-order valence-corrected chi connectivity index (χ1v) is 10.5. The van der Waals surface area contributed by atoms with E-state index in [1.165, 1.54) is 4.90 Å². The normalized spacial score (nSPS) is 13.0. The Labute approximate surface area is 179 Å². The maximum Gasteiger partial charge on any atom is 0.326 e. The molecular formula is C23H22N2O4S. The van der Waals surface area contributed by atoms with E-state index in [2.05, 4.69) is 4.98 Å². The number of ether oxygens (including phenoxy) is 2. The molecule has 1 aromatic heterocycles. The van der Waals surface area contributed by atoms with Crippen molar-refractivity contribution in [1.29, 1.82) is 0 Å². The van der Waals surface area contributed by atoms with Crippen LogP contribution in [0.15, 0.2) is 48.5 Å². The molecule has 0 bridgehead atoms. The van der Waals surface area contributed by atoms with Crippen molar-refractivity contribution >= 4 is 28.9 Å². The second kappa shape index (κ2) is 8.67. The number of amides is 1. The summed E-state index contributed by atoms with van der Waals surface area (Å²) in [6, 6.07) is 15.4. The van der Waals surface area contributed by atoms with Crippen LogP contribution in [0.1, 0.15) is 15.4 Å². The molecule has 0 spiro atoms. The average Bonchev–Trinajstić information content (AvgIpc) is 3.08. The summed E-state index contributed by atoms with van der Waals surface area (Å²) in [5.41, 5.74) is 3.42. The molecule has 0 radical (unpaired) electrons. The number of thiazole rings is 1. The van der Waals surface area contributed by atoms with Gasteiger partial charge in [0.25, 0.3) is 5.91 Å². The Balaban J connectivity index is 1.48. The summed E-state index contributed by atoms with van der Waals surface area (Å²) in [7, 11) is 0. The number of aromatic nitrogens is 1. The van der Waals surface area contributed by atoms with Gasteiger partial charge in [-0.15, -0.1) is 11.3 Å². The highest BCUT2D eigenvalue weighted by Gasteiger charge is 2.28. The molecule has 1 aliphatic rings. The summed E-state index contributed by atoms with van der Waals surface area (Å²) >= 11 is 1.62. The highest BCUT2D eigenvalue weighted by molar-refractivity contribution is 7.11. The van der Waals surface area contributed by atoms with E-state index in [1.54, 1.807) is 11.3 Å². The van der Waals surface area contributed by atoms with E-state index in [4.69, 9.17) is 9.47 Å². The van der Waals surface area contributed by atoms with E-state index in [9.17, 15) is 9.59 Å². The minimum absolute atomic E-state index is 0.0987. The summed E-state index contributed by atoms with van der Waals surface area (Å²) in [5, 5.41) is 0.978. The second-order valence-corrected chi connectivity index (χ2v) is 8.45. The summed E-state index contributed by atoms with van der Waals surface area (Å²) in [6.07, 6.45) is 0.632. The van der Waals surface area contributed by atoms with E-state index in [0.717, 1.165) is 26.7 Å². The Hall–Kier alpha value is -3.19. The van der Waals surface area contributed by atoms with Crippen LogP contribution in [-0.2, 0) is 20.7 Å². The molecule has 6 nitrogen and oxygen atoms in total. The third-order valence-corrected chi connectivity index (χ3v) is 5.75. The number of carbonyl (C=O) groups is 2. The van der Waals surface area contributed by atoms with Gasteiger partial charge in [0.15, 0.2) is 6.61 Å². The number of aryl methyl sites for hydroxylation is 2. The van der Waals surface area contributed by atoms with E-state index in [0.29, 0.717) is 17.9 Å². The van der Waals surface area contributed by atoms with Crippen LogP contribution < -0.4 is 9.64 Å². The molecule has 1 amide bonds. The molecule has 2 heterocycles. The van der Waals surface area contributed by atoms with Crippen LogP contribution in [0.5, 0.6) is 5.75 Å². The number of rotatable bonds is 6. The van der Waals surface area contributed by atoms with Crippen molar-refractivity contribution in [2.45, 2.75) is 20.3 Å². The molecule has 30 heavy (non-hydrogen) atoms. The van der Waals surface area contributed by atoms with Crippen molar-refractivity contribution < 1.29 is 19.1 Å². The zero-order valence-electron chi connectivity index (χ0n) is 16.9. The minimum Gasteiger partial charge on any atom is -0.482 e. The molecule has 0 unspecified atom stereocenters. The van der Waals surface area contributed by atoms with Gasteiger partial charge in [-0.25, -0.2) is 4.98 Å². The van der Waals surface area contributed by atoms with E-state index >= 15 is 0 Å². The summed E-state index contributed by atoms with van der Waals surface area (Å²) in [6.45, 7) is 4.00. The van der Waals surface area contributed by atoms with Crippen LogP contribution >= 0.6 is 11.3 Å². The molecule has 7 heteroatoms. The average molecular weight is 423 g/mol. The molecule has 0 fully saturated rings. The van der Waals surface area contributed by atoms with Crippen molar-refractivity contribution in [3.05, 3.63) is 64.0 Å². The van der Waals surface area contributed by atoms with Crippen LogP contribution in [0.2, 0.25) is 0 Å². The molecule has 0 saturated heterocycles. The van der Waals surface area contributed by atoms with Crippen LogP contribution in [0, 0.1) is 13.8 Å². The van der Waals surface area contributed by atoms with Crippen molar-refractivity contribution in [1.82, 2.24) is 4.98 Å². The highest BCUT2D eigenvalue weighted by atomic mass is 32.1. The van der Waals surface area contributed by atoms with Crippen molar-refractivity contribution in [3.8, 4) is 17.0 Å². The zero-order valence-corrected chi connectivity index (χ0v) is 17.7. The first-order valence-electron chi connectivity index (χ1n) is 9.72. The van der Waals surface area contributed by atoms with Gasteiger partial charge in [-0.05, 0) is 37.6 Å². The van der Waals surface area contributed by atoms with Crippen molar-refractivity contribution in [3.63, 3.8) is 0 Å². The summed E-state index contributed by atoms with van der Waals surface area (Å²) < 4.78 is 10.9. The molecule has 0 saturated carbocycles. The molecule has 4 rings (SSSR count). The largest absolute Gasteiger partial charge is 0.482 e. The maximum atomic E-state index is 12.5. The van der Waals surface area contributed by atoms with Crippen LogP contribution in [0.3, 0.4) is 0 Å². The van der Waals surface area contributed by atoms with Gasteiger partial charge in [-0.3, -0.25) is 14.5 Å². The van der Waals surface area contributed by atoms with E-state index in [-0.39, 0.29) is 25.7 Å². The second-order valence-electron chi connectivity index (χ2n) is 7.04. The number of nitrogens with zero attached hydrogens (tertiary/aromatic N) is 2. The lowest BCUT2D eigenvalue weighted by Crippen LogP contribution is -2.42. The smallest absolute Gasteiger partial charge is 0.326 e. The van der Waals surface area contributed by atoms with Gasteiger partial charge in [0.05, 0.1) is 23.0 Å². The fourth-order valence-electron chi connectivity index (χ4n) is 3.42. The van der Waals surface area contributed by atoms with Crippen LogP contribution in [0.4, 0.5) is 5.69 Å². The van der Waals surface area contributed by atoms with Gasteiger partial charge in [0.1, 0.15) is 12.3 Å². The molecule has 0 atom stereocenters. The van der Waals surface area contributed by atoms with Gasteiger partial charge in [0.2, 0.25) is 0 Å². The topological polar surface area (TPSA) is 68.7 Å². The molecule has 0 aliphatic carbocycles. The predicted molar refractivity (Wildman–Crippen MR) is 116 cm³/mol. The van der Waals surface area contributed by atoms with Gasteiger partial charge in [-0.2, -0.15) is 0 Å². The number of benzene rings is 2. The van der Waals surface area contributed by atoms with Crippen LogP contribution in [0.25, 0.3) is 11.3 Å². The number of fused-ring (bicyclic) bond motifs is 1. The summed E-state index contributed by atoms with van der Waals surface area (Å²) in [5.74, 6) is -0.149. The lowest BCUT2D eigenvalue weighted by molar-refractivity contribution is -0.143. The first kappa shape index (κ1) is 20.1. The lowest BCUT2D eigenvalue weighted by Gasteiger charge is -2.29. The number of esters is 1. The Morgan fingerprint density at radius 2 is 2.00 bits per heavy atom. The monoisotopic (exact) mass is 422 g/mol. The Morgan fingerprint density at radius 1 is 1.20 bits per heavy atom. The van der Waals surface area contributed by atoms with Gasteiger partial charge in [0, 0.05) is 16.9 Å². The first-order chi connectivity index (χ1) is 14.5. The van der Waals surface area contributed by atoms with Gasteiger partial charge in [-0.1, -0.05) is 30.3 Å². The van der Waals surface area contributed by atoms with E-state index in [1.807, 2.05) is 62.4 Å². The Kier molecular flexibility index (Phi) is 5.81. The van der Waals surface area contributed by atoms with Crippen molar-refractivity contribution in [2.24, 2.45) is 0 Å². The third-order valence-electron chi connectivity index (χ3n) is 4.86. The lowest BCUT2D eigenvalue weighted by atomic mass is 10.1. The number of anilines is 1. The molecule has 2 aromatic carbocycles. The SMILES string of the molecule is Cc1nc(-c2ccc3c(c2)N(CC(=O)OCCc2ccccc2)C(=O)CO3)c(C)s1. The number of hydrogen-bond acceptors (Lipinski definition) is 6. The number of hydrogen-bond donors (Lipinski definition) is 0. The zero-order chi connectivity index (χ0) is 21.1. The van der Waals surface area contributed by atoms with E-state index < -0.39 is 5.97 Å². The quantitative estimate of drug-likeness (QED) is 0.563. The predicted octanol–water partition coefficient (Wildman–Crippen LogP) is 3.94. The molecule has 0 N–H and O–H groups in total. The fourth-order valence-corrected chi connectivity index (χ4v) is 4.26. The van der Waals surface area contributed by atoms with Crippen LogP contribution in [-0.4, -0.2) is 36.6 Å². The fraction of sp³-hybridized carbons (Fsp3) is 0.261. The van der Waals surface area contributed by atoms with Crippen molar-refractivity contribution in [2.75, 3.05) is 24.7 Å². The summed E-state index contributed by atoms with van der Waals surface area (Å²) in [4.78, 5) is 32.0. The number of carbonyl (C=O) groups excluding carboxylic acids is 2. The molecular weight excluding hydrogens is 400 g/mol. The minimum atomic E-state index is -0.446. The van der Waals surface area contributed by atoms with Gasteiger partial charge >= 0.3 is 5.97 Å². The Morgan fingerprint density at radius 3 is 2.73 bits per heavy atom. The standard InChI is InChI=1S/C23H22N2O4S/c1-15-23(24-16(2)30-15)18-8-9-20-19(12-18)25(21(26)14-29-20)13-22(27)28-11-10-17-6-4-3-5-7-17/h3-9,12H,10-11,13-14H2,1-2H3. The molecule has 3 aromatic rings. The Bertz CT molecular complexity index is 1080. The molecule has 1 aliphatic heterocycles. The van der Waals surface area contributed by atoms with Gasteiger partial charge < -0.3 is 9.47 Å². The molecule has 154 valence electrons.